The van der Waals surface area contributed by atoms with Crippen molar-refractivity contribution in [3.8, 4) is 0 Å². The van der Waals surface area contributed by atoms with E-state index in [9.17, 15) is 5.11 Å². The van der Waals surface area contributed by atoms with E-state index in [1.54, 1.807) is 0 Å². The summed E-state index contributed by atoms with van der Waals surface area (Å²) in [4.78, 5) is 4.48. The first-order chi connectivity index (χ1) is 9.63. The molecule has 6 heteroatoms. The van der Waals surface area contributed by atoms with Crippen LogP contribution < -0.4 is 0 Å². The fourth-order valence-electron chi connectivity index (χ4n) is 2.53. The zero-order valence-electron chi connectivity index (χ0n) is 12.5. The average Bonchev–Trinajstić information content (AvgIpc) is 2.97. The number of rotatable bonds is 6. The zero-order chi connectivity index (χ0) is 14.6. The van der Waals surface area contributed by atoms with Crippen molar-refractivity contribution >= 4 is 0 Å². The number of aliphatic hydroxyl groups is 1. The van der Waals surface area contributed by atoms with Crippen LogP contribution in [0.5, 0.6) is 0 Å². The van der Waals surface area contributed by atoms with Gasteiger partial charge in [-0.2, -0.15) is 4.98 Å². The lowest BCUT2D eigenvalue weighted by atomic mass is 9.93. The summed E-state index contributed by atoms with van der Waals surface area (Å²) in [7, 11) is 0. The van der Waals surface area contributed by atoms with Gasteiger partial charge >= 0.3 is 0 Å². The van der Waals surface area contributed by atoms with Crippen LogP contribution in [0, 0.1) is 0 Å². The third kappa shape index (κ3) is 3.02. The van der Waals surface area contributed by atoms with Gasteiger partial charge in [-0.25, -0.2) is 0 Å². The van der Waals surface area contributed by atoms with E-state index >= 15 is 0 Å². The molecule has 1 aromatic heterocycles. The summed E-state index contributed by atoms with van der Waals surface area (Å²) in [5.74, 6) is 0.882. The molecule has 1 N–H and O–H groups in total. The Bertz CT molecular complexity index is 410. The predicted octanol–water partition coefficient (Wildman–Crippen LogP) is 1.99. The Hall–Kier alpha value is -0.980. The molecule has 0 bridgehead atoms. The fraction of sp³-hybridized carbons (Fsp3) is 0.857. The van der Waals surface area contributed by atoms with Crippen LogP contribution in [-0.4, -0.2) is 41.2 Å². The number of hydrogen-bond donors (Lipinski definition) is 1. The summed E-state index contributed by atoms with van der Waals surface area (Å²) >= 11 is 0. The lowest BCUT2D eigenvalue weighted by molar-refractivity contribution is -0.118. The van der Waals surface area contributed by atoms with Crippen molar-refractivity contribution in [3.63, 3.8) is 0 Å². The second-order valence-electron chi connectivity index (χ2n) is 5.26. The van der Waals surface area contributed by atoms with E-state index in [1.807, 2.05) is 20.8 Å². The summed E-state index contributed by atoms with van der Waals surface area (Å²) in [5, 5.41) is 14.0. The average molecular weight is 284 g/mol. The van der Waals surface area contributed by atoms with Crippen LogP contribution in [-0.2, 0) is 15.1 Å². The Labute approximate surface area is 119 Å². The van der Waals surface area contributed by atoms with E-state index in [0.717, 1.165) is 12.8 Å². The number of nitrogens with zero attached hydrogens (tertiary/aromatic N) is 2. The second kappa shape index (κ2) is 6.65. The lowest BCUT2D eigenvalue weighted by Gasteiger charge is -2.33. The molecule has 0 saturated carbocycles. The Morgan fingerprint density at radius 1 is 1.35 bits per heavy atom. The molecule has 20 heavy (non-hydrogen) atoms. The van der Waals surface area contributed by atoms with Gasteiger partial charge in [0.2, 0.25) is 11.7 Å². The number of aliphatic hydroxyl groups excluding tert-OH is 1. The first-order valence-electron chi connectivity index (χ1n) is 7.36. The van der Waals surface area contributed by atoms with Crippen LogP contribution in [0.15, 0.2) is 4.52 Å². The highest BCUT2D eigenvalue weighted by molar-refractivity contribution is 5.05. The number of hydrogen-bond acceptors (Lipinski definition) is 6. The van der Waals surface area contributed by atoms with Crippen molar-refractivity contribution in [2.75, 3.05) is 19.8 Å². The van der Waals surface area contributed by atoms with E-state index in [2.05, 4.69) is 10.1 Å². The predicted molar refractivity (Wildman–Crippen MR) is 72.4 cm³/mol. The molecule has 2 heterocycles. The van der Waals surface area contributed by atoms with Crippen molar-refractivity contribution < 1.29 is 19.1 Å². The molecule has 2 unspecified atom stereocenters. The maximum absolute atomic E-state index is 9.89. The third-order valence-electron chi connectivity index (χ3n) is 3.96. The molecule has 1 aliphatic rings. The van der Waals surface area contributed by atoms with Crippen LogP contribution in [0.1, 0.15) is 57.7 Å². The number of ether oxygens (including phenoxy) is 2. The number of aromatic nitrogens is 2. The highest BCUT2D eigenvalue weighted by Gasteiger charge is 2.40. The summed E-state index contributed by atoms with van der Waals surface area (Å²) < 4.78 is 16.6. The first-order valence-corrected chi connectivity index (χ1v) is 7.36. The maximum Gasteiger partial charge on any atom is 0.232 e. The fourth-order valence-corrected chi connectivity index (χ4v) is 2.53. The minimum absolute atomic E-state index is 0.167. The van der Waals surface area contributed by atoms with Gasteiger partial charge in [0, 0.05) is 32.7 Å². The summed E-state index contributed by atoms with van der Waals surface area (Å²) in [6, 6.07) is 0. The SMILES string of the molecule is CCOC1(c2noc(C(C)C(O)CC)n2)CCOCC1. The molecule has 0 amide bonds. The minimum atomic E-state index is -0.508. The third-order valence-corrected chi connectivity index (χ3v) is 3.96. The molecule has 1 fully saturated rings. The van der Waals surface area contributed by atoms with E-state index in [0.29, 0.717) is 38.0 Å². The Morgan fingerprint density at radius 2 is 2.05 bits per heavy atom. The van der Waals surface area contributed by atoms with Gasteiger partial charge in [0.1, 0.15) is 5.60 Å². The smallest absolute Gasteiger partial charge is 0.232 e. The lowest BCUT2D eigenvalue weighted by Crippen LogP contribution is -2.37. The normalized spacial score (nSPS) is 21.6. The van der Waals surface area contributed by atoms with Crippen molar-refractivity contribution in [3.05, 3.63) is 11.7 Å². The van der Waals surface area contributed by atoms with Crippen molar-refractivity contribution in [1.82, 2.24) is 10.1 Å². The summed E-state index contributed by atoms with van der Waals surface area (Å²) in [6.45, 7) is 7.65. The van der Waals surface area contributed by atoms with Gasteiger partial charge in [0.05, 0.1) is 12.0 Å². The molecule has 0 aliphatic carbocycles. The standard InChI is InChI=1S/C14H24N2O4/c1-4-11(17)10(3)12-15-13(16-20-12)14(19-5-2)6-8-18-9-7-14/h10-11,17H,4-9H2,1-3H3. The van der Waals surface area contributed by atoms with E-state index in [1.165, 1.54) is 0 Å². The Balaban J connectivity index is 2.20. The van der Waals surface area contributed by atoms with Crippen LogP contribution in [0.3, 0.4) is 0 Å². The molecular formula is C14H24N2O4. The van der Waals surface area contributed by atoms with Crippen LogP contribution in [0.4, 0.5) is 0 Å². The van der Waals surface area contributed by atoms with Crippen LogP contribution in [0.2, 0.25) is 0 Å². The summed E-state index contributed by atoms with van der Waals surface area (Å²) in [5.41, 5.74) is -0.508. The first kappa shape index (κ1) is 15.4. The molecule has 6 nitrogen and oxygen atoms in total. The molecule has 1 aliphatic heterocycles. The molecule has 0 spiro atoms. The largest absolute Gasteiger partial charge is 0.392 e. The topological polar surface area (TPSA) is 77.6 Å². The van der Waals surface area contributed by atoms with Crippen LogP contribution in [0.25, 0.3) is 0 Å². The maximum atomic E-state index is 9.89. The van der Waals surface area contributed by atoms with Gasteiger partial charge in [0.25, 0.3) is 0 Å². The molecule has 0 aromatic carbocycles. The molecule has 0 radical (unpaired) electrons. The summed E-state index contributed by atoms with van der Waals surface area (Å²) in [6.07, 6.45) is 1.64. The second-order valence-corrected chi connectivity index (χ2v) is 5.26. The van der Waals surface area contributed by atoms with E-state index in [-0.39, 0.29) is 5.92 Å². The van der Waals surface area contributed by atoms with Crippen molar-refractivity contribution in [2.45, 2.75) is 57.7 Å². The van der Waals surface area contributed by atoms with E-state index < -0.39 is 11.7 Å². The highest BCUT2D eigenvalue weighted by Crippen LogP contribution is 2.35. The molecule has 2 atom stereocenters. The van der Waals surface area contributed by atoms with Gasteiger partial charge in [-0.05, 0) is 13.3 Å². The van der Waals surface area contributed by atoms with Gasteiger partial charge < -0.3 is 19.1 Å². The molecule has 114 valence electrons. The Morgan fingerprint density at radius 3 is 2.65 bits per heavy atom. The zero-order valence-corrected chi connectivity index (χ0v) is 12.5. The van der Waals surface area contributed by atoms with Gasteiger partial charge in [0.15, 0.2) is 0 Å². The van der Waals surface area contributed by atoms with Gasteiger partial charge in [-0.3, -0.25) is 0 Å². The molecule has 2 rings (SSSR count). The van der Waals surface area contributed by atoms with E-state index in [4.69, 9.17) is 14.0 Å². The molecule has 1 saturated heterocycles. The van der Waals surface area contributed by atoms with Gasteiger partial charge in [-0.15, -0.1) is 0 Å². The molecule has 1 aromatic rings. The van der Waals surface area contributed by atoms with Crippen LogP contribution >= 0.6 is 0 Å². The molecular weight excluding hydrogens is 260 g/mol. The van der Waals surface area contributed by atoms with Gasteiger partial charge in [-0.1, -0.05) is 19.0 Å². The Kier molecular flexibility index (Phi) is 5.12. The minimum Gasteiger partial charge on any atom is -0.392 e. The van der Waals surface area contributed by atoms with Crippen molar-refractivity contribution in [1.29, 1.82) is 0 Å². The monoisotopic (exact) mass is 284 g/mol. The highest BCUT2D eigenvalue weighted by atomic mass is 16.5. The quantitative estimate of drug-likeness (QED) is 0.860. The van der Waals surface area contributed by atoms with Crippen molar-refractivity contribution in [2.24, 2.45) is 0 Å².